The highest BCUT2D eigenvalue weighted by atomic mass is 19.4. The fraction of sp³-hybridized carbons (Fsp3) is 0.353. The summed E-state index contributed by atoms with van der Waals surface area (Å²) in [7, 11) is 0. The fourth-order valence-corrected chi connectivity index (χ4v) is 2.35. The quantitative estimate of drug-likeness (QED) is 0.848. The van der Waals surface area contributed by atoms with Crippen molar-refractivity contribution in [2.45, 2.75) is 38.9 Å². The molecule has 0 bridgehead atoms. The third-order valence-electron chi connectivity index (χ3n) is 3.83. The number of amides is 1. The van der Waals surface area contributed by atoms with E-state index in [0.29, 0.717) is 11.3 Å². The molecular formula is C17H18F3N3O3. The van der Waals surface area contributed by atoms with Crippen LogP contribution < -0.4 is 5.32 Å². The lowest BCUT2D eigenvalue weighted by Gasteiger charge is -2.24. The van der Waals surface area contributed by atoms with Crippen LogP contribution in [0.2, 0.25) is 0 Å². The van der Waals surface area contributed by atoms with Gasteiger partial charge in [0.25, 0.3) is 5.91 Å². The molecular weight excluding hydrogens is 351 g/mol. The van der Waals surface area contributed by atoms with E-state index in [9.17, 15) is 22.8 Å². The zero-order valence-corrected chi connectivity index (χ0v) is 14.4. The molecule has 1 heterocycles. The molecule has 1 aromatic heterocycles. The minimum absolute atomic E-state index is 0.0816. The van der Waals surface area contributed by atoms with Crippen molar-refractivity contribution in [1.29, 1.82) is 0 Å². The summed E-state index contributed by atoms with van der Waals surface area (Å²) in [5, 5.41) is 14.9. The lowest BCUT2D eigenvalue weighted by atomic mass is 10.0. The molecule has 140 valence electrons. The number of aryl methyl sites for hydroxylation is 1. The molecule has 0 aliphatic heterocycles. The van der Waals surface area contributed by atoms with E-state index >= 15 is 0 Å². The van der Waals surface area contributed by atoms with Gasteiger partial charge < -0.3 is 10.4 Å². The monoisotopic (exact) mass is 369 g/mol. The van der Waals surface area contributed by atoms with Crippen LogP contribution in [0.4, 0.5) is 18.9 Å². The van der Waals surface area contributed by atoms with Gasteiger partial charge in [-0.25, -0.2) is 0 Å². The normalized spacial score (nSPS) is 12.1. The minimum Gasteiger partial charge on any atom is -0.481 e. The zero-order chi connectivity index (χ0) is 19.7. The number of anilines is 1. The van der Waals surface area contributed by atoms with E-state index in [-0.39, 0.29) is 12.0 Å². The van der Waals surface area contributed by atoms with E-state index in [1.807, 2.05) is 0 Å². The van der Waals surface area contributed by atoms with Gasteiger partial charge in [-0.2, -0.15) is 18.3 Å². The zero-order valence-electron chi connectivity index (χ0n) is 14.4. The van der Waals surface area contributed by atoms with E-state index in [1.54, 1.807) is 18.2 Å². The van der Waals surface area contributed by atoms with Gasteiger partial charge in [0.15, 0.2) is 5.69 Å². The molecule has 9 heteroatoms. The van der Waals surface area contributed by atoms with Crippen molar-refractivity contribution in [2.75, 3.05) is 5.32 Å². The molecule has 26 heavy (non-hydrogen) atoms. The second kappa shape index (κ2) is 6.81. The molecule has 1 aromatic carbocycles. The number of benzene rings is 1. The van der Waals surface area contributed by atoms with Crippen LogP contribution >= 0.6 is 0 Å². The van der Waals surface area contributed by atoms with Crippen molar-refractivity contribution in [3.63, 3.8) is 0 Å². The first-order chi connectivity index (χ1) is 11.9. The molecule has 0 unspecified atom stereocenters. The molecule has 0 spiro atoms. The minimum atomic E-state index is -4.60. The molecule has 0 fully saturated rings. The van der Waals surface area contributed by atoms with Crippen molar-refractivity contribution in [3.05, 3.63) is 47.3 Å². The van der Waals surface area contributed by atoms with Crippen molar-refractivity contribution in [3.8, 4) is 0 Å². The maximum atomic E-state index is 12.9. The highest BCUT2D eigenvalue weighted by molar-refractivity contribution is 5.96. The lowest BCUT2D eigenvalue weighted by molar-refractivity contribution is -0.142. The van der Waals surface area contributed by atoms with Crippen LogP contribution in [0.15, 0.2) is 30.5 Å². The van der Waals surface area contributed by atoms with Crippen molar-refractivity contribution >= 4 is 17.6 Å². The first-order valence-corrected chi connectivity index (χ1v) is 7.67. The number of carbonyl (C=O) groups excluding carboxylic acids is 1. The van der Waals surface area contributed by atoms with E-state index in [0.717, 1.165) is 4.68 Å². The Balaban J connectivity index is 2.24. The SMILES string of the molecule is Cc1cn(C(C)(C)C(=O)Nc2cccc(CC(=O)O)c2)nc1C(F)(F)F. The van der Waals surface area contributed by atoms with E-state index in [4.69, 9.17) is 5.11 Å². The van der Waals surface area contributed by atoms with Crippen LogP contribution in [0, 0.1) is 6.92 Å². The second-order valence-corrected chi connectivity index (χ2v) is 6.39. The number of hydrogen-bond acceptors (Lipinski definition) is 3. The van der Waals surface area contributed by atoms with Crippen LogP contribution in [-0.2, 0) is 27.7 Å². The number of aliphatic carboxylic acids is 1. The van der Waals surface area contributed by atoms with Gasteiger partial charge in [0, 0.05) is 11.9 Å². The summed E-state index contributed by atoms with van der Waals surface area (Å²) in [6.07, 6.45) is -3.64. The summed E-state index contributed by atoms with van der Waals surface area (Å²) >= 11 is 0. The average Bonchev–Trinajstić information content (AvgIpc) is 2.89. The van der Waals surface area contributed by atoms with Crippen LogP contribution in [-0.4, -0.2) is 26.8 Å². The van der Waals surface area contributed by atoms with Crippen molar-refractivity contribution in [1.82, 2.24) is 9.78 Å². The summed E-state index contributed by atoms with van der Waals surface area (Å²) in [6.45, 7) is 4.15. The number of alkyl halides is 3. The van der Waals surface area contributed by atoms with Crippen LogP contribution in [0.5, 0.6) is 0 Å². The molecule has 2 rings (SSSR count). The largest absolute Gasteiger partial charge is 0.481 e. The Morgan fingerprint density at radius 1 is 1.27 bits per heavy atom. The van der Waals surface area contributed by atoms with Crippen LogP contribution in [0.3, 0.4) is 0 Å². The van der Waals surface area contributed by atoms with Gasteiger partial charge in [-0.15, -0.1) is 0 Å². The Morgan fingerprint density at radius 2 is 1.92 bits per heavy atom. The summed E-state index contributed by atoms with van der Waals surface area (Å²) in [5.74, 6) is -1.60. The number of carbonyl (C=O) groups is 2. The number of carboxylic acid groups (broad SMARTS) is 1. The molecule has 1 amide bonds. The highest BCUT2D eigenvalue weighted by Gasteiger charge is 2.39. The van der Waals surface area contributed by atoms with Crippen LogP contribution in [0.25, 0.3) is 0 Å². The molecule has 0 saturated carbocycles. The molecule has 6 nitrogen and oxygen atoms in total. The lowest BCUT2D eigenvalue weighted by Crippen LogP contribution is -2.40. The first kappa shape index (κ1) is 19.5. The Hall–Kier alpha value is -2.84. The van der Waals surface area contributed by atoms with Gasteiger partial charge in [0.1, 0.15) is 5.54 Å². The van der Waals surface area contributed by atoms with E-state index in [1.165, 1.54) is 33.0 Å². The van der Waals surface area contributed by atoms with Crippen molar-refractivity contribution in [2.24, 2.45) is 0 Å². The predicted octanol–water partition coefficient (Wildman–Crippen LogP) is 3.21. The summed E-state index contributed by atoms with van der Waals surface area (Å²) in [6, 6.07) is 6.24. The Bertz CT molecular complexity index is 841. The number of hydrogen-bond donors (Lipinski definition) is 2. The highest BCUT2D eigenvalue weighted by Crippen LogP contribution is 2.31. The Morgan fingerprint density at radius 3 is 2.46 bits per heavy atom. The molecule has 0 aliphatic carbocycles. The van der Waals surface area contributed by atoms with E-state index < -0.39 is 29.3 Å². The van der Waals surface area contributed by atoms with Gasteiger partial charge in [0.2, 0.25) is 0 Å². The smallest absolute Gasteiger partial charge is 0.435 e. The maximum Gasteiger partial charge on any atom is 0.435 e. The van der Waals surface area contributed by atoms with Gasteiger partial charge in [-0.3, -0.25) is 14.3 Å². The first-order valence-electron chi connectivity index (χ1n) is 7.67. The second-order valence-electron chi connectivity index (χ2n) is 6.39. The van der Waals surface area contributed by atoms with Gasteiger partial charge in [-0.05, 0) is 44.0 Å². The molecule has 0 aliphatic rings. The number of rotatable bonds is 5. The Kier molecular flexibility index (Phi) is 5.11. The number of aromatic nitrogens is 2. The predicted molar refractivity (Wildman–Crippen MR) is 87.7 cm³/mol. The standard InChI is InChI=1S/C17H18F3N3O3/c1-10-9-23(22-14(10)17(18,19)20)16(2,3)15(26)21-12-6-4-5-11(7-12)8-13(24)25/h4-7,9H,8H2,1-3H3,(H,21,26)(H,24,25). The summed E-state index contributed by atoms with van der Waals surface area (Å²) in [5.41, 5.74) is -1.68. The third kappa shape index (κ3) is 4.22. The topological polar surface area (TPSA) is 84.2 Å². The molecule has 0 atom stereocenters. The molecule has 0 radical (unpaired) electrons. The average molecular weight is 369 g/mol. The number of halogens is 3. The van der Waals surface area contributed by atoms with Crippen LogP contribution in [0.1, 0.15) is 30.7 Å². The van der Waals surface area contributed by atoms with Gasteiger partial charge in [-0.1, -0.05) is 12.1 Å². The van der Waals surface area contributed by atoms with E-state index in [2.05, 4.69) is 10.4 Å². The van der Waals surface area contributed by atoms with Crippen molar-refractivity contribution < 1.29 is 27.9 Å². The Labute approximate surface area is 147 Å². The maximum absolute atomic E-state index is 12.9. The molecule has 2 N–H and O–H groups in total. The van der Waals surface area contributed by atoms with Gasteiger partial charge >= 0.3 is 12.1 Å². The molecule has 2 aromatic rings. The third-order valence-corrected chi connectivity index (χ3v) is 3.83. The number of carboxylic acids is 1. The number of nitrogens with one attached hydrogen (secondary N) is 1. The fourth-order valence-electron chi connectivity index (χ4n) is 2.35. The number of nitrogens with zero attached hydrogens (tertiary/aromatic N) is 2. The molecule has 0 saturated heterocycles. The van der Waals surface area contributed by atoms with Gasteiger partial charge in [0.05, 0.1) is 6.42 Å². The summed E-state index contributed by atoms with van der Waals surface area (Å²) < 4.78 is 39.7. The summed E-state index contributed by atoms with van der Waals surface area (Å²) in [4.78, 5) is 23.3.